The minimum absolute atomic E-state index is 0.0132. The first-order chi connectivity index (χ1) is 12.6. The predicted octanol–water partition coefficient (Wildman–Crippen LogP) is 8.08. The Bertz CT molecular complexity index is 930. The van der Waals surface area contributed by atoms with E-state index < -0.39 is 38.6 Å². The van der Waals surface area contributed by atoms with Gasteiger partial charge in [0.05, 0.1) is 4.90 Å². The minimum Gasteiger partial charge on any atom is -0.248 e. The first-order valence-corrected chi connectivity index (χ1v) is 10.3. The first kappa shape index (κ1) is 23.9. The molecule has 2 rings (SSSR count). The lowest BCUT2D eigenvalue weighted by atomic mass is 10.1. The van der Waals surface area contributed by atoms with Crippen LogP contribution in [0.2, 0.25) is 10.0 Å². The van der Waals surface area contributed by atoms with Crippen molar-refractivity contribution in [2.75, 3.05) is 0 Å². The third kappa shape index (κ3) is 4.10. The highest BCUT2D eigenvalue weighted by atomic mass is 79.9. The van der Waals surface area contributed by atoms with Gasteiger partial charge in [0.15, 0.2) is 0 Å². The molecule has 154 valence electrons. The summed E-state index contributed by atoms with van der Waals surface area (Å²) in [6, 6.07) is 5.97. The SMILES string of the molecule is O=S(c1cc(Br)cc(Br)c1-c1c(Cl)cccc1Cl)C(F)(F)C(F)(F)C(F)(F)F. The summed E-state index contributed by atoms with van der Waals surface area (Å²) in [6.07, 6.45) is -6.63. The van der Waals surface area contributed by atoms with E-state index in [9.17, 15) is 34.9 Å². The lowest BCUT2D eigenvalue weighted by Crippen LogP contribution is -2.54. The molecule has 28 heavy (non-hydrogen) atoms. The highest BCUT2D eigenvalue weighted by Gasteiger charge is 2.76. The van der Waals surface area contributed by atoms with Gasteiger partial charge in [0.2, 0.25) is 0 Å². The molecule has 0 N–H and O–H groups in total. The lowest BCUT2D eigenvalue weighted by molar-refractivity contribution is -0.331. The average Bonchev–Trinajstić information content (AvgIpc) is 2.54. The number of hydrogen-bond donors (Lipinski definition) is 0. The lowest BCUT2D eigenvalue weighted by Gasteiger charge is -2.28. The van der Waals surface area contributed by atoms with Crippen molar-refractivity contribution in [3.63, 3.8) is 0 Å². The molecular formula is C15H5Br2Cl2F7OS. The predicted molar refractivity (Wildman–Crippen MR) is 99.7 cm³/mol. The fourth-order valence-electron chi connectivity index (χ4n) is 2.10. The van der Waals surface area contributed by atoms with Gasteiger partial charge >= 0.3 is 17.4 Å². The number of halogens is 11. The third-order valence-corrected chi connectivity index (χ3v) is 6.54. The summed E-state index contributed by atoms with van der Waals surface area (Å²) in [7, 11) is -4.14. The molecule has 0 amide bonds. The molecule has 0 aromatic heterocycles. The zero-order valence-electron chi connectivity index (χ0n) is 12.9. The van der Waals surface area contributed by atoms with Gasteiger partial charge in [0.25, 0.3) is 0 Å². The van der Waals surface area contributed by atoms with Gasteiger partial charge in [-0.15, -0.1) is 0 Å². The zero-order chi connectivity index (χ0) is 21.7. The fraction of sp³-hybridized carbons (Fsp3) is 0.200. The van der Waals surface area contributed by atoms with Crippen molar-refractivity contribution < 1.29 is 34.9 Å². The Kier molecular flexibility index (Phi) is 6.88. The molecule has 2 aromatic carbocycles. The van der Waals surface area contributed by atoms with Crippen LogP contribution in [0.3, 0.4) is 0 Å². The second-order valence-electron chi connectivity index (χ2n) is 5.22. The molecule has 1 nitrogen and oxygen atoms in total. The third-order valence-electron chi connectivity index (χ3n) is 3.39. The Morgan fingerprint density at radius 3 is 1.82 bits per heavy atom. The second kappa shape index (κ2) is 8.05. The monoisotopic (exact) mass is 594 g/mol. The largest absolute Gasteiger partial charge is 0.461 e. The highest BCUT2D eigenvalue weighted by Crippen LogP contribution is 2.52. The van der Waals surface area contributed by atoms with Crippen molar-refractivity contribution in [1.82, 2.24) is 0 Å². The Balaban J connectivity index is 2.82. The molecule has 0 saturated heterocycles. The molecule has 0 fully saturated rings. The average molecular weight is 597 g/mol. The normalized spacial score (nSPS) is 14.2. The zero-order valence-corrected chi connectivity index (χ0v) is 18.4. The Morgan fingerprint density at radius 2 is 1.36 bits per heavy atom. The van der Waals surface area contributed by atoms with Crippen LogP contribution in [0.25, 0.3) is 11.1 Å². The molecule has 13 heteroatoms. The van der Waals surface area contributed by atoms with Crippen LogP contribution in [-0.4, -0.2) is 21.6 Å². The van der Waals surface area contributed by atoms with Crippen LogP contribution in [-0.2, 0) is 10.8 Å². The van der Waals surface area contributed by atoms with Crippen molar-refractivity contribution in [3.8, 4) is 11.1 Å². The van der Waals surface area contributed by atoms with E-state index >= 15 is 0 Å². The summed E-state index contributed by atoms with van der Waals surface area (Å²) in [5.74, 6) is -6.55. The van der Waals surface area contributed by atoms with Gasteiger partial charge in [0.1, 0.15) is 10.8 Å². The van der Waals surface area contributed by atoms with Crippen molar-refractivity contribution in [2.45, 2.75) is 22.2 Å². The van der Waals surface area contributed by atoms with Gasteiger partial charge in [-0.05, 0) is 24.3 Å². The first-order valence-electron chi connectivity index (χ1n) is 6.80. The van der Waals surface area contributed by atoms with E-state index in [0.29, 0.717) is 0 Å². The van der Waals surface area contributed by atoms with Crippen molar-refractivity contribution in [1.29, 1.82) is 0 Å². The second-order valence-corrected chi connectivity index (χ2v) is 9.29. The Labute approximate surface area is 182 Å². The Hall–Kier alpha value is -0.360. The topological polar surface area (TPSA) is 17.1 Å². The maximum Gasteiger partial charge on any atom is 0.461 e. The van der Waals surface area contributed by atoms with Gasteiger partial charge < -0.3 is 0 Å². The number of rotatable bonds is 4. The molecule has 2 aromatic rings. The van der Waals surface area contributed by atoms with Crippen LogP contribution in [0.4, 0.5) is 30.7 Å². The van der Waals surface area contributed by atoms with E-state index in [2.05, 4.69) is 31.9 Å². The summed E-state index contributed by atoms with van der Waals surface area (Å²) in [4.78, 5) is -1.02. The summed E-state index contributed by atoms with van der Waals surface area (Å²) < 4.78 is 105. The molecule has 1 unspecified atom stereocenters. The van der Waals surface area contributed by atoms with Gasteiger partial charge in [-0.1, -0.05) is 61.1 Å². The quantitative estimate of drug-likeness (QED) is 0.326. The smallest absolute Gasteiger partial charge is 0.248 e. The summed E-state index contributed by atoms with van der Waals surface area (Å²) >= 11 is 17.9. The summed E-state index contributed by atoms with van der Waals surface area (Å²) in [5, 5.41) is -6.23. The van der Waals surface area contributed by atoms with Crippen LogP contribution >= 0.6 is 55.1 Å². The van der Waals surface area contributed by atoms with Crippen LogP contribution in [0.1, 0.15) is 0 Å². The van der Waals surface area contributed by atoms with Crippen molar-refractivity contribution >= 4 is 65.9 Å². The van der Waals surface area contributed by atoms with Crippen molar-refractivity contribution in [3.05, 3.63) is 49.3 Å². The molecule has 0 bridgehead atoms. The molecule has 1 atom stereocenters. The standard InChI is InChI=1S/C15H5Br2Cl2F7OS/c16-6-4-7(17)11(12-8(18)2-1-3-9(12)19)10(5-6)28(27)15(25,26)13(20,21)14(22,23)24/h1-5H. The number of hydrogen-bond acceptors (Lipinski definition) is 1. The van der Waals surface area contributed by atoms with E-state index in [-0.39, 0.29) is 24.6 Å². The molecule has 0 heterocycles. The molecule has 0 aliphatic heterocycles. The molecule has 0 spiro atoms. The summed E-state index contributed by atoms with van der Waals surface area (Å²) in [6.45, 7) is 0. The maximum absolute atomic E-state index is 14.1. The highest BCUT2D eigenvalue weighted by molar-refractivity contribution is 9.11. The van der Waals surface area contributed by atoms with E-state index in [1.165, 1.54) is 24.3 Å². The Morgan fingerprint density at radius 1 is 0.857 bits per heavy atom. The van der Waals surface area contributed by atoms with Crippen LogP contribution < -0.4 is 0 Å². The molecular weight excluding hydrogens is 592 g/mol. The van der Waals surface area contributed by atoms with Crippen LogP contribution in [0.5, 0.6) is 0 Å². The number of benzene rings is 2. The molecule has 0 aliphatic carbocycles. The van der Waals surface area contributed by atoms with Crippen LogP contribution in [0.15, 0.2) is 44.2 Å². The van der Waals surface area contributed by atoms with Gasteiger partial charge in [-0.2, -0.15) is 30.7 Å². The fourth-order valence-corrected chi connectivity index (χ4v) is 5.64. The maximum atomic E-state index is 14.1. The summed E-state index contributed by atoms with van der Waals surface area (Å²) in [5.41, 5.74) is -0.575. The van der Waals surface area contributed by atoms with Crippen LogP contribution in [0, 0.1) is 0 Å². The van der Waals surface area contributed by atoms with Gasteiger partial charge in [0, 0.05) is 30.1 Å². The molecule has 0 radical (unpaired) electrons. The molecule has 0 saturated carbocycles. The van der Waals surface area contributed by atoms with E-state index in [1.54, 1.807) is 0 Å². The van der Waals surface area contributed by atoms with E-state index in [4.69, 9.17) is 23.2 Å². The van der Waals surface area contributed by atoms with Gasteiger partial charge in [-0.3, -0.25) is 0 Å². The van der Waals surface area contributed by atoms with Crippen molar-refractivity contribution in [2.24, 2.45) is 0 Å². The molecule has 0 aliphatic rings. The number of alkyl halides is 7. The minimum atomic E-state index is -6.63. The van der Waals surface area contributed by atoms with Gasteiger partial charge in [-0.25, -0.2) is 4.21 Å². The van der Waals surface area contributed by atoms with E-state index in [1.807, 2.05) is 0 Å². The van der Waals surface area contributed by atoms with E-state index in [0.717, 1.165) is 6.07 Å².